The molecule has 0 saturated carbocycles. The molecule has 1 aliphatic rings. The fourth-order valence-corrected chi connectivity index (χ4v) is 3.36. The Morgan fingerprint density at radius 1 is 1.33 bits per heavy atom. The Kier molecular flexibility index (Phi) is 5.16. The second-order valence-corrected chi connectivity index (χ2v) is 7.05. The smallest absolute Gasteiger partial charge is 0.341 e. The number of hydrogen-bond donors (Lipinski definition) is 1. The van der Waals surface area contributed by atoms with Crippen LogP contribution in [0.15, 0.2) is 29.2 Å². The van der Waals surface area contributed by atoms with E-state index in [1.54, 1.807) is 0 Å². The summed E-state index contributed by atoms with van der Waals surface area (Å²) in [6, 6.07) is 5.96. The van der Waals surface area contributed by atoms with Crippen molar-refractivity contribution in [2.24, 2.45) is 0 Å². The quantitative estimate of drug-likeness (QED) is 0.876. The lowest BCUT2D eigenvalue weighted by Crippen LogP contribution is -2.34. The van der Waals surface area contributed by atoms with E-state index in [1.165, 1.54) is 30.7 Å². The first-order valence-electron chi connectivity index (χ1n) is 7.05. The average molecular weight is 318 g/mol. The van der Waals surface area contributed by atoms with Crippen LogP contribution < -0.4 is 5.32 Å². The van der Waals surface area contributed by atoms with Gasteiger partial charge in [0.2, 0.25) is 9.84 Å². The molecule has 1 aromatic rings. The van der Waals surface area contributed by atoms with Crippen LogP contribution in [0.1, 0.15) is 19.8 Å². The molecule has 1 atom stereocenters. The van der Waals surface area contributed by atoms with E-state index in [2.05, 4.69) is 17.1 Å². The minimum Gasteiger partial charge on any atom is -0.383 e. The lowest BCUT2D eigenvalue weighted by molar-refractivity contribution is 0.234. The maximum atomic E-state index is 12.4. The van der Waals surface area contributed by atoms with Crippen molar-refractivity contribution in [2.75, 3.05) is 25.0 Å². The van der Waals surface area contributed by atoms with Crippen molar-refractivity contribution < 1.29 is 17.2 Å². The van der Waals surface area contributed by atoms with Gasteiger partial charge in [0.1, 0.15) is 0 Å². The van der Waals surface area contributed by atoms with E-state index < -0.39 is 15.6 Å². The molecule has 2 rings (SSSR count). The summed E-state index contributed by atoms with van der Waals surface area (Å²) >= 11 is 0. The molecule has 21 heavy (non-hydrogen) atoms. The number of sulfone groups is 1. The summed E-state index contributed by atoms with van der Waals surface area (Å²) in [5, 5.41) is 3.23. The summed E-state index contributed by atoms with van der Waals surface area (Å²) in [5.74, 6) is -3.38. The highest BCUT2D eigenvalue weighted by atomic mass is 32.2. The van der Waals surface area contributed by atoms with E-state index in [1.807, 2.05) is 0 Å². The van der Waals surface area contributed by atoms with E-state index in [0.29, 0.717) is 6.04 Å². The van der Waals surface area contributed by atoms with E-state index in [4.69, 9.17) is 0 Å². The zero-order valence-electron chi connectivity index (χ0n) is 11.9. The Morgan fingerprint density at radius 3 is 2.57 bits per heavy atom. The molecular formula is C14H20F2N2O2S. The number of nitrogens with one attached hydrogen (secondary N) is 1. The van der Waals surface area contributed by atoms with E-state index in [0.717, 1.165) is 31.7 Å². The lowest BCUT2D eigenvalue weighted by Gasteiger charge is -2.23. The van der Waals surface area contributed by atoms with Crippen LogP contribution in [0.2, 0.25) is 0 Å². The molecule has 1 unspecified atom stereocenters. The molecular weight excluding hydrogens is 298 g/mol. The second kappa shape index (κ2) is 6.70. The van der Waals surface area contributed by atoms with Crippen molar-refractivity contribution >= 4 is 15.5 Å². The fourth-order valence-electron chi connectivity index (χ4n) is 2.64. The molecule has 0 radical (unpaired) electrons. The number of likely N-dealkylation sites (N-methyl/N-ethyl adjacent to an activating group) is 1. The highest BCUT2D eigenvalue weighted by molar-refractivity contribution is 7.91. The molecule has 1 aliphatic heterocycles. The van der Waals surface area contributed by atoms with E-state index in [-0.39, 0.29) is 4.90 Å². The molecule has 118 valence electrons. The molecule has 0 aliphatic carbocycles. The maximum absolute atomic E-state index is 12.4. The minimum atomic E-state index is -4.51. The van der Waals surface area contributed by atoms with Crippen LogP contribution in [0.25, 0.3) is 0 Å². The van der Waals surface area contributed by atoms with Crippen molar-refractivity contribution in [2.45, 2.75) is 36.5 Å². The van der Waals surface area contributed by atoms with Crippen molar-refractivity contribution in [1.29, 1.82) is 0 Å². The molecule has 4 nitrogen and oxygen atoms in total. The average Bonchev–Trinajstić information content (AvgIpc) is 2.92. The molecule has 0 aromatic heterocycles. The van der Waals surface area contributed by atoms with Gasteiger partial charge in [-0.1, -0.05) is 6.92 Å². The van der Waals surface area contributed by atoms with Crippen LogP contribution in [0.5, 0.6) is 0 Å². The largest absolute Gasteiger partial charge is 0.383 e. The first-order chi connectivity index (χ1) is 9.95. The number of likely N-dealkylation sites (tertiary alicyclic amines) is 1. The monoisotopic (exact) mass is 318 g/mol. The van der Waals surface area contributed by atoms with Gasteiger partial charge in [0.05, 0.1) is 4.90 Å². The van der Waals surface area contributed by atoms with E-state index in [9.17, 15) is 17.2 Å². The molecule has 1 N–H and O–H groups in total. The van der Waals surface area contributed by atoms with E-state index >= 15 is 0 Å². The highest BCUT2D eigenvalue weighted by Crippen LogP contribution is 2.21. The van der Waals surface area contributed by atoms with Gasteiger partial charge < -0.3 is 5.32 Å². The van der Waals surface area contributed by atoms with Crippen LogP contribution >= 0.6 is 0 Å². The zero-order valence-corrected chi connectivity index (χ0v) is 12.7. The van der Waals surface area contributed by atoms with Crippen molar-refractivity contribution in [3.63, 3.8) is 0 Å². The summed E-state index contributed by atoms with van der Waals surface area (Å²) in [6.07, 6.45) is 2.32. The van der Waals surface area contributed by atoms with Crippen molar-refractivity contribution in [3.05, 3.63) is 24.3 Å². The Morgan fingerprint density at radius 2 is 2.00 bits per heavy atom. The predicted molar refractivity (Wildman–Crippen MR) is 78.4 cm³/mol. The summed E-state index contributed by atoms with van der Waals surface area (Å²) in [4.78, 5) is 2.04. The van der Waals surface area contributed by atoms with Gasteiger partial charge in [-0.15, -0.1) is 0 Å². The number of alkyl halides is 2. The number of hydrogen-bond acceptors (Lipinski definition) is 4. The molecule has 0 amide bonds. The SMILES string of the molecule is CCN1CCCC1CNc1ccc(S(=O)(=O)C(F)F)cc1. The van der Waals surface area contributed by atoms with Crippen LogP contribution in [-0.2, 0) is 9.84 Å². The zero-order chi connectivity index (χ0) is 15.5. The van der Waals surface area contributed by atoms with Crippen LogP contribution in [0, 0.1) is 0 Å². The second-order valence-electron chi connectivity index (χ2n) is 5.14. The number of rotatable bonds is 6. The van der Waals surface area contributed by atoms with Crippen LogP contribution in [-0.4, -0.2) is 44.8 Å². The molecule has 1 fully saturated rings. The van der Waals surface area contributed by atoms with Crippen LogP contribution in [0.3, 0.4) is 0 Å². The molecule has 0 spiro atoms. The Hall–Kier alpha value is -1.21. The third kappa shape index (κ3) is 3.71. The molecule has 1 saturated heterocycles. The molecule has 7 heteroatoms. The Labute approximate surface area is 124 Å². The number of halogens is 2. The highest BCUT2D eigenvalue weighted by Gasteiger charge is 2.26. The fraction of sp³-hybridized carbons (Fsp3) is 0.571. The maximum Gasteiger partial charge on any atom is 0.341 e. The molecule has 0 bridgehead atoms. The van der Waals surface area contributed by atoms with Crippen molar-refractivity contribution in [1.82, 2.24) is 4.90 Å². The Bertz CT molecular complexity index is 561. The lowest BCUT2D eigenvalue weighted by atomic mass is 10.2. The topological polar surface area (TPSA) is 49.4 Å². The summed E-state index contributed by atoms with van der Waals surface area (Å²) in [6.45, 7) is 5.02. The minimum absolute atomic E-state index is 0.348. The number of benzene rings is 1. The molecule has 1 heterocycles. The summed E-state index contributed by atoms with van der Waals surface area (Å²) in [5.41, 5.74) is 0.742. The first-order valence-corrected chi connectivity index (χ1v) is 8.60. The van der Waals surface area contributed by atoms with Gasteiger partial charge in [-0.05, 0) is 50.2 Å². The normalized spacial score (nSPS) is 20.1. The van der Waals surface area contributed by atoms with Gasteiger partial charge in [0.15, 0.2) is 0 Å². The van der Waals surface area contributed by atoms with Crippen LogP contribution in [0.4, 0.5) is 14.5 Å². The molecule has 1 aromatic carbocycles. The third-order valence-corrected chi connectivity index (χ3v) is 5.26. The van der Waals surface area contributed by atoms with Gasteiger partial charge in [0, 0.05) is 18.3 Å². The standard InChI is InChI=1S/C14H20F2N2O2S/c1-2-18-9-3-4-12(18)10-17-11-5-7-13(8-6-11)21(19,20)14(15)16/h5-8,12,14,17H,2-4,9-10H2,1H3. The first kappa shape index (κ1) is 16.2. The van der Waals surface area contributed by atoms with Gasteiger partial charge in [0.25, 0.3) is 0 Å². The number of nitrogens with zero attached hydrogens (tertiary/aromatic N) is 1. The van der Waals surface area contributed by atoms with Crippen molar-refractivity contribution in [3.8, 4) is 0 Å². The van der Waals surface area contributed by atoms with Gasteiger partial charge in [-0.2, -0.15) is 8.78 Å². The van der Waals surface area contributed by atoms with Gasteiger partial charge in [-0.25, -0.2) is 8.42 Å². The number of anilines is 1. The van der Waals surface area contributed by atoms with Gasteiger partial charge >= 0.3 is 5.76 Å². The Balaban J connectivity index is 1.97. The van der Waals surface area contributed by atoms with Gasteiger partial charge in [-0.3, -0.25) is 4.90 Å². The predicted octanol–water partition coefficient (Wildman–Crippen LogP) is 2.58. The summed E-state index contributed by atoms with van der Waals surface area (Å²) < 4.78 is 47.5. The third-order valence-electron chi connectivity index (χ3n) is 3.86. The summed E-state index contributed by atoms with van der Waals surface area (Å²) in [7, 11) is -4.51.